The van der Waals surface area contributed by atoms with E-state index in [1.54, 1.807) is 25.3 Å². The van der Waals surface area contributed by atoms with E-state index in [1.165, 1.54) is 0 Å². The quantitative estimate of drug-likeness (QED) is 0.431. The molecule has 11 heteroatoms. The summed E-state index contributed by atoms with van der Waals surface area (Å²) >= 11 is 6.31. The van der Waals surface area contributed by atoms with Crippen LogP contribution < -0.4 is 19.9 Å². The van der Waals surface area contributed by atoms with Crippen molar-refractivity contribution in [1.82, 2.24) is 10.2 Å². The standard InChI is InChI=1S/C26H32ClN5O5/c1-36-25-5-2-19(27)16-23(25)30-8-9-31-22-4-3-20(32(34)35)14-18(22)15-21(24(31)17-30)26(33)28-6-7-29-10-12-37-13-11-29/h2-5,14,16,21,24H,6-13,15,17H2,1H3,(H,28,33)/t21-,24-/m0/s1. The number of carbonyl (C=O) groups is 1. The maximum absolute atomic E-state index is 13.6. The Labute approximate surface area is 221 Å². The van der Waals surface area contributed by atoms with Crippen LogP contribution >= 0.6 is 11.6 Å². The maximum Gasteiger partial charge on any atom is 0.269 e. The van der Waals surface area contributed by atoms with Gasteiger partial charge in [0.05, 0.1) is 42.9 Å². The first-order valence-corrected chi connectivity index (χ1v) is 13.0. The van der Waals surface area contributed by atoms with Gasteiger partial charge in [0, 0.05) is 68.7 Å². The van der Waals surface area contributed by atoms with Crippen molar-refractivity contribution < 1.29 is 19.2 Å². The number of amides is 1. The van der Waals surface area contributed by atoms with E-state index >= 15 is 0 Å². The average Bonchev–Trinajstić information content (AvgIpc) is 2.92. The van der Waals surface area contributed by atoms with E-state index in [4.69, 9.17) is 21.1 Å². The Balaban J connectivity index is 1.39. The molecule has 3 aliphatic heterocycles. The number of nitro groups is 1. The normalized spacial score (nSPS) is 21.7. The molecule has 2 atom stereocenters. The number of hydrogen-bond acceptors (Lipinski definition) is 8. The number of morpholine rings is 1. The molecule has 0 bridgehead atoms. The Morgan fingerprint density at radius 1 is 1.16 bits per heavy atom. The predicted molar refractivity (Wildman–Crippen MR) is 142 cm³/mol. The van der Waals surface area contributed by atoms with Crippen molar-refractivity contribution in [3.63, 3.8) is 0 Å². The van der Waals surface area contributed by atoms with Gasteiger partial charge in [0.25, 0.3) is 5.69 Å². The number of methoxy groups -OCH3 is 1. The van der Waals surface area contributed by atoms with E-state index in [0.717, 1.165) is 42.3 Å². The molecule has 2 saturated heterocycles. The summed E-state index contributed by atoms with van der Waals surface area (Å²) in [5.74, 6) is 0.351. The van der Waals surface area contributed by atoms with E-state index in [1.807, 2.05) is 18.2 Å². The zero-order chi connectivity index (χ0) is 25.9. The summed E-state index contributed by atoms with van der Waals surface area (Å²) in [5.41, 5.74) is 2.75. The summed E-state index contributed by atoms with van der Waals surface area (Å²) in [6.45, 7) is 6.45. The van der Waals surface area contributed by atoms with Gasteiger partial charge in [-0.1, -0.05) is 11.6 Å². The molecule has 0 radical (unpaired) electrons. The fourth-order valence-corrected chi connectivity index (χ4v) is 5.81. The van der Waals surface area contributed by atoms with Crippen LogP contribution in [0.2, 0.25) is 5.02 Å². The molecule has 5 rings (SSSR count). The van der Waals surface area contributed by atoms with Gasteiger partial charge in [0.15, 0.2) is 0 Å². The SMILES string of the molecule is COc1ccc(Cl)cc1N1CCN2c3ccc([N+](=O)[O-])cc3C[C@H](C(=O)NCCN3CCOCC3)[C@@H]2C1. The lowest BCUT2D eigenvalue weighted by Gasteiger charge is -2.49. The number of ether oxygens (including phenoxy) is 2. The number of anilines is 2. The van der Waals surface area contributed by atoms with Gasteiger partial charge < -0.3 is 24.6 Å². The largest absolute Gasteiger partial charge is 0.495 e. The van der Waals surface area contributed by atoms with E-state index in [-0.39, 0.29) is 28.5 Å². The van der Waals surface area contributed by atoms with E-state index in [0.29, 0.717) is 50.8 Å². The third kappa shape index (κ3) is 5.46. The molecule has 0 aromatic heterocycles. The molecule has 1 amide bonds. The topological polar surface area (TPSA) is 100 Å². The predicted octanol–water partition coefficient (Wildman–Crippen LogP) is 2.57. The van der Waals surface area contributed by atoms with Crippen molar-refractivity contribution in [1.29, 1.82) is 0 Å². The zero-order valence-corrected chi connectivity index (χ0v) is 21.7. The first-order valence-electron chi connectivity index (χ1n) is 12.6. The molecule has 0 saturated carbocycles. The molecule has 10 nitrogen and oxygen atoms in total. The summed E-state index contributed by atoms with van der Waals surface area (Å²) in [6, 6.07) is 10.4. The first kappa shape index (κ1) is 25.6. The van der Waals surface area contributed by atoms with Crippen LogP contribution in [0.3, 0.4) is 0 Å². The highest BCUT2D eigenvalue weighted by molar-refractivity contribution is 6.31. The van der Waals surface area contributed by atoms with Gasteiger partial charge >= 0.3 is 0 Å². The van der Waals surface area contributed by atoms with E-state index in [2.05, 4.69) is 20.0 Å². The molecule has 1 N–H and O–H groups in total. The fraction of sp³-hybridized carbons (Fsp3) is 0.500. The van der Waals surface area contributed by atoms with Crippen LogP contribution in [0.15, 0.2) is 36.4 Å². The molecule has 2 aromatic carbocycles. The molecule has 0 aliphatic carbocycles. The Bertz CT molecular complexity index is 1160. The van der Waals surface area contributed by atoms with Crippen LogP contribution in [0.4, 0.5) is 17.1 Å². The van der Waals surface area contributed by atoms with Crippen LogP contribution in [0.1, 0.15) is 5.56 Å². The van der Waals surface area contributed by atoms with Crippen LogP contribution in [0.25, 0.3) is 0 Å². The second kappa shape index (κ2) is 11.1. The highest BCUT2D eigenvalue weighted by atomic mass is 35.5. The number of rotatable bonds is 7. The van der Waals surface area contributed by atoms with Gasteiger partial charge in [-0.15, -0.1) is 0 Å². The molecule has 3 aliphatic rings. The van der Waals surface area contributed by atoms with E-state index in [9.17, 15) is 14.9 Å². The number of fused-ring (bicyclic) bond motifs is 3. The zero-order valence-electron chi connectivity index (χ0n) is 20.9. The van der Waals surface area contributed by atoms with Crippen molar-refractivity contribution in [3.05, 3.63) is 57.1 Å². The minimum Gasteiger partial charge on any atom is -0.495 e. The molecule has 0 spiro atoms. The first-order chi connectivity index (χ1) is 17.9. The highest BCUT2D eigenvalue weighted by Gasteiger charge is 2.42. The van der Waals surface area contributed by atoms with Gasteiger partial charge in [-0.3, -0.25) is 19.8 Å². The second-order valence-corrected chi connectivity index (χ2v) is 10.1. The number of piperazine rings is 1. The number of non-ortho nitro benzene ring substituents is 1. The Hall–Kier alpha value is -3.08. The van der Waals surface area contributed by atoms with Crippen molar-refractivity contribution in [3.8, 4) is 5.75 Å². The Morgan fingerprint density at radius 2 is 1.97 bits per heavy atom. The lowest BCUT2D eigenvalue weighted by atomic mass is 9.83. The molecule has 2 fully saturated rings. The fourth-order valence-electron chi connectivity index (χ4n) is 5.65. The van der Waals surface area contributed by atoms with Crippen LogP contribution in [0, 0.1) is 16.0 Å². The molecule has 0 unspecified atom stereocenters. The molecular weight excluding hydrogens is 498 g/mol. The average molecular weight is 530 g/mol. The third-order valence-electron chi connectivity index (χ3n) is 7.56. The molecule has 198 valence electrons. The Morgan fingerprint density at radius 3 is 2.73 bits per heavy atom. The second-order valence-electron chi connectivity index (χ2n) is 9.65. The molecular formula is C26H32ClN5O5. The van der Waals surface area contributed by atoms with Crippen LogP contribution in [-0.2, 0) is 16.0 Å². The van der Waals surface area contributed by atoms with Crippen molar-refractivity contribution in [2.75, 3.05) is 75.9 Å². The number of benzene rings is 2. The van der Waals surface area contributed by atoms with Gasteiger partial charge in [-0.25, -0.2) is 0 Å². The van der Waals surface area contributed by atoms with Crippen LogP contribution in [-0.4, -0.2) is 87.9 Å². The number of halogens is 1. The summed E-state index contributed by atoms with van der Waals surface area (Å²) in [5, 5.41) is 15.2. The minimum atomic E-state index is -0.382. The van der Waals surface area contributed by atoms with Crippen LogP contribution in [0.5, 0.6) is 5.75 Å². The Kier molecular flexibility index (Phi) is 7.68. The summed E-state index contributed by atoms with van der Waals surface area (Å²) in [4.78, 5) is 31.4. The van der Waals surface area contributed by atoms with Crippen molar-refractivity contribution >= 4 is 34.6 Å². The summed E-state index contributed by atoms with van der Waals surface area (Å²) in [6.07, 6.45) is 0.447. The maximum atomic E-state index is 13.6. The van der Waals surface area contributed by atoms with Gasteiger partial charge in [-0.05, 0) is 36.2 Å². The number of nitrogens with zero attached hydrogens (tertiary/aromatic N) is 4. The number of nitrogens with one attached hydrogen (secondary N) is 1. The van der Waals surface area contributed by atoms with Gasteiger partial charge in [0.1, 0.15) is 5.75 Å². The van der Waals surface area contributed by atoms with E-state index < -0.39 is 0 Å². The lowest BCUT2D eigenvalue weighted by Crippen LogP contribution is -2.61. The summed E-state index contributed by atoms with van der Waals surface area (Å²) in [7, 11) is 1.64. The van der Waals surface area contributed by atoms with Crippen molar-refractivity contribution in [2.45, 2.75) is 12.5 Å². The third-order valence-corrected chi connectivity index (χ3v) is 7.79. The minimum absolute atomic E-state index is 0.0275. The molecule has 2 aromatic rings. The van der Waals surface area contributed by atoms with Gasteiger partial charge in [0.2, 0.25) is 5.91 Å². The number of carbonyl (C=O) groups excluding carboxylic acids is 1. The highest BCUT2D eigenvalue weighted by Crippen LogP contribution is 2.40. The smallest absolute Gasteiger partial charge is 0.269 e. The lowest BCUT2D eigenvalue weighted by molar-refractivity contribution is -0.384. The van der Waals surface area contributed by atoms with Gasteiger partial charge in [-0.2, -0.15) is 0 Å². The number of hydrogen-bond donors (Lipinski definition) is 1. The van der Waals surface area contributed by atoms with Crippen molar-refractivity contribution in [2.24, 2.45) is 5.92 Å². The molecule has 3 heterocycles. The summed E-state index contributed by atoms with van der Waals surface area (Å²) < 4.78 is 11.0. The monoisotopic (exact) mass is 529 g/mol. The molecule has 37 heavy (non-hydrogen) atoms. The number of nitro benzene ring substituents is 1.